The minimum absolute atomic E-state index is 0.0477. The van der Waals surface area contributed by atoms with E-state index in [9.17, 15) is 22.4 Å². The molecule has 1 saturated carbocycles. The maximum Gasteiger partial charge on any atom is 0.261 e. The lowest BCUT2D eigenvalue weighted by Crippen LogP contribution is -2.38. The lowest BCUT2D eigenvalue weighted by Gasteiger charge is -2.20. The van der Waals surface area contributed by atoms with E-state index >= 15 is 0 Å². The zero-order chi connectivity index (χ0) is 23.1. The Morgan fingerprint density at radius 2 is 1.62 bits per heavy atom. The van der Waals surface area contributed by atoms with Crippen molar-refractivity contribution in [2.75, 3.05) is 17.8 Å². The summed E-state index contributed by atoms with van der Waals surface area (Å²) >= 11 is 0. The fourth-order valence-corrected chi connectivity index (χ4v) is 4.80. The second-order valence-corrected chi connectivity index (χ2v) is 9.66. The van der Waals surface area contributed by atoms with E-state index in [-0.39, 0.29) is 33.9 Å². The van der Waals surface area contributed by atoms with Crippen molar-refractivity contribution in [3.63, 3.8) is 0 Å². The Bertz CT molecular complexity index is 1070. The fraction of sp³-hybridized carbons (Fsp3) is 0.391. The molecule has 0 aliphatic heterocycles. The molecule has 0 bridgehead atoms. The van der Waals surface area contributed by atoms with Crippen molar-refractivity contribution in [3.05, 3.63) is 59.4 Å². The van der Waals surface area contributed by atoms with Gasteiger partial charge < -0.3 is 10.6 Å². The highest BCUT2D eigenvalue weighted by Gasteiger charge is 2.20. The molecular weight excluding hydrogens is 433 g/mol. The van der Waals surface area contributed by atoms with E-state index in [1.165, 1.54) is 49.7 Å². The van der Waals surface area contributed by atoms with Crippen LogP contribution in [0.2, 0.25) is 0 Å². The number of aryl methyl sites for hydroxylation is 1. The third-order valence-corrected chi connectivity index (χ3v) is 6.90. The van der Waals surface area contributed by atoms with E-state index in [0.717, 1.165) is 31.7 Å². The Hall–Kier alpha value is -2.94. The van der Waals surface area contributed by atoms with Crippen molar-refractivity contribution in [2.24, 2.45) is 5.92 Å². The molecule has 3 N–H and O–H groups in total. The maximum atomic E-state index is 13.4. The number of benzene rings is 2. The molecule has 7 nitrogen and oxygen atoms in total. The topological polar surface area (TPSA) is 104 Å². The van der Waals surface area contributed by atoms with Gasteiger partial charge in [0.2, 0.25) is 5.91 Å². The summed E-state index contributed by atoms with van der Waals surface area (Å²) in [7, 11) is -3.88. The maximum absolute atomic E-state index is 13.4. The van der Waals surface area contributed by atoms with Crippen molar-refractivity contribution in [2.45, 2.75) is 43.9 Å². The van der Waals surface area contributed by atoms with E-state index in [0.29, 0.717) is 18.7 Å². The summed E-state index contributed by atoms with van der Waals surface area (Å²) in [6, 6.07) is 9.52. The quantitative estimate of drug-likeness (QED) is 0.524. The predicted molar refractivity (Wildman–Crippen MR) is 120 cm³/mol. The Morgan fingerprint density at radius 3 is 2.28 bits per heavy atom. The van der Waals surface area contributed by atoms with Gasteiger partial charge in [-0.15, -0.1) is 0 Å². The van der Waals surface area contributed by atoms with Crippen molar-refractivity contribution in [1.29, 1.82) is 0 Å². The smallest absolute Gasteiger partial charge is 0.261 e. The molecule has 1 fully saturated rings. The summed E-state index contributed by atoms with van der Waals surface area (Å²) in [5, 5.41) is 5.60. The first-order valence-electron chi connectivity index (χ1n) is 10.7. The first-order chi connectivity index (χ1) is 15.3. The largest absolute Gasteiger partial charge is 0.354 e. The zero-order valence-electron chi connectivity index (χ0n) is 18.0. The van der Waals surface area contributed by atoms with Gasteiger partial charge in [0.15, 0.2) is 0 Å². The number of sulfonamides is 1. The number of carbonyl (C=O) groups is 2. The molecule has 2 aromatic carbocycles. The van der Waals surface area contributed by atoms with Gasteiger partial charge in [-0.2, -0.15) is 0 Å². The van der Waals surface area contributed by atoms with Crippen molar-refractivity contribution >= 4 is 27.5 Å². The van der Waals surface area contributed by atoms with Crippen LogP contribution in [-0.4, -0.2) is 33.3 Å². The zero-order valence-corrected chi connectivity index (χ0v) is 18.8. The SMILES string of the molecule is Cc1cc(S(=O)(=O)Nc2ccc(C(=O)NCCNC(=O)C3CCCCC3)cc2)ccc1F. The number of rotatable bonds is 8. The molecule has 0 saturated heterocycles. The Balaban J connectivity index is 1.48. The number of carbonyl (C=O) groups excluding carboxylic acids is 2. The lowest BCUT2D eigenvalue weighted by atomic mass is 9.89. The normalized spacial score (nSPS) is 14.6. The Labute approximate surface area is 187 Å². The lowest BCUT2D eigenvalue weighted by molar-refractivity contribution is -0.125. The molecule has 2 aromatic rings. The number of halogens is 1. The molecule has 1 aliphatic rings. The molecule has 0 radical (unpaired) electrons. The van der Waals surface area contributed by atoms with Gasteiger partial charge in [0.25, 0.3) is 15.9 Å². The van der Waals surface area contributed by atoms with Crippen molar-refractivity contribution in [3.8, 4) is 0 Å². The van der Waals surface area contributed by atoms with Crippen LogP contribution in [0.15, 0.2) is 47.4 Å². The van der Waals surface area contributed by atoms with Gasteiger partial charge >= 0.3 is 0 Å². The van der Waals surface area contributed by atoms with Crippen LogP contribution >= 0.6 is 0 Å². The van der Waals surface area contributed by atoms with Crippen molar-refractivity contribution < 1.29 is 22.4 Å². The van der Waals surface area contributed by atoms with Gasteiger partial charge in [0.1, 0.15) is 5.82 Å². The van der Waals surface area contributed by atoms with Crippen LogP contribution in [0.1, 0.15) is 48.0 Å². The monoisotopic (exact) mass is 461 g/mol. The number of hydrogen-bond acceptors (Lipinski definition) is 4. The third kappa shape index (κ3) is 6.29. The van der Waals surface area contributed by atoms with Crippen LogP contribution in [0, 0.1) is 18.7 Å². The molecule has 0 spiro atoms. The molecule has 0 aromatic heterocycles. The minimum atomic E-state index is -3.88. The molecule has 0 heterocycles. The van der Waals surface area contributed by atoms with E-state index in [4.69, 9.17) is 0 Å². The molecule has 172 valence electrons. The molecule has 3 rings (SSSR count). The molecule has 9 heteroatoms. The Morgan fingerprint density at radius 1 is 0.969 bits per heavy atom. The molecule has 0 atom stereocenters. The minimum Gasteiger partial charge on any atom is -0.354 e. The first kappa shape index (κ1) is 23.7. The van der Waals surface area contributed by atoms with Gasteiger partial charge in [-0.05, 0) is 67.8 Å². The summed E-state index contributed by atoms with van der Waals surface area (Å²) < 4.78 is 40.8. The summed E-state index contributed by atoms with van der Waals surface area (Å²) in [5.74, 6) is -0.671. The highest BCUT2D eigenvalue weighted by molar-refractivity contribution is 7.92. The van der Waals surface area contributed by atoms with Gasteiger partial charge in [-0.1, -0.05) is 19.3 Å². The van der Waals surface area contributed by atoms with Crippen LogP contribution in [0.3, 0.4) is 0 Å². The standard InChI is InChI=1S/C23H28FN3O4S/c1-16-15-20(11-12-21(16)24)32(30,31)27-19-9-7-18(8-10-19)23(29)26-14-13-25-22(28)17-5-3-2-4-6-17/h7-12,15,17,27H,2-6,13-14H2,1H3,(H,25,28)(H,26,29). The highest BCUT2D eigenvalue weighted by Crippen LogP contribution is 2.23. The van der Waals surface area contributed by atoms with Gasteiger partial charge in [0.05, 0.1) is 4.90 Å². The van der Waals surface area contributed by atoms with E-state index in [1.54, 1.807) is 0 Å². The molecule has 2 amide bonds. The number of nitrogens with one attached hydrogen (secondary N) is 3. The first-order valence-corrected chi connectivity index (χ1v) is 12.2. The number of hydrogen-bond donors (Lipinski definition) is 3. The Kier molecular flexibility index (Phi) is 7.84. The fourth-order valence-electron chi connectivity index (χ4n) is 3.66. The average Bonchev–Trinajstić information content (AvgIpc) is 2.79. The van der Waals surface area contributed by atoms with E-state index in [2.05, 4.69) is 15.4 Å². The van der Waals surface area contributed by atoms with Crippen LogP contribution in [0.25, 0.3) is 0 Å². The van der Waals surface area contributed by atoms with Gasteiger partial charge in [-0.3, -0.25) is 14.3 Å². The summed E-state index contributed by atoms with van der Waals surface area (Å²) in [4.78, 5) is 24.3. The van der Waals surface area contributed by atoms with Crippen molar-refractivity contribution in [1.82, 2.24) is 10.6 Å². The third-order valence-electron chi connectivity index (χ3n) is 5.52. The predicted octanol–water partition coefficient (Wildman–Crippen LogP) is 3.36. The van der Waals surface area contributed by atoms with Crippen LogP contribution in [-0.2, 0) is 14.8 Å². The molecular formula is C23H28FN3O4S. The van der Waals surface area contributed by atoms with E-state index in [1.807, 2.05) is 0 Å². The summed E-state index contributed by atoms with van der Waals surface area (Å²) in [5.41, 5.74) is 0.877. The number of anilines is 1. The van der Waals surface area contributed by atoms with Crippen LogP contribution in [0.4, 0.5) is 10.1 Å². The molecule has 32 heavy (non-hydrogen) atoms. The van der Waals surface area contributed by atoms with Crippen LogP contribution in [0.5, 0.6) is 0 Å². The summed E-state index contributed by atoms with van der Waals surface area (Å²) in [6.45, 7) is 2.15. The highest BCUT2D eigenvalue weighted by atomic mass is 32.2. The molecule has 0 unspecified atom stereocenters. The second-order valence-electron chi connectivity index (χ2n) is 7.98. The summed E-state index contributed by atoms with van der Waals surface area (Å²) in [6.07, 6.45) is 5.21. The van der Waals surface area contributed by atoms with Gasteiger partial charge in [-0.25, -0.2) is 12.8 Å². The van der Waals surface area contributed by atoms with Gasteiger partial charge in [0, 0.05) is 30.3 Å². The van der Waals surface area contributed by atoms with E-state index < -0.39 is 15.8 Å². The number of amides is 2. The molecule has 1 aliphatic carbocycles. The second kappa shape index (κ2) is 10.6. The van der Waals surface area contributed by atoms with Crippen LogP contribution < -0.4 is 15.4 Å². The average molecular weight is 462 g/mol.